The Balaban J connectivity index is 1.63. The molecule has 7 heteroatoms. The van der Waals surface area contributed by atoms with Crippen LogP contribution in [0.15, 0.2) is 60.8 Å². The highest BCUT2D eigenvalue weighted by Gasteiger charge is 2.07. The van der Waals surface area contributed by atoms with E-state index < -0.39 is 5.82 Å². The van der Waals surface area contributed by atoms with Gasteiger partial charge >= 0.3 is 0 Å². The van der Waals surface area contributed by atoms with Crippen molar-refractivity contribution in [2.24, 2.45) is 0 Å². The van der Waals surface area contributed by atoms with Gasteiger partial charge in [-0.2, -0.15) is 0 Å². The van der Waals surface area contributed by atoms with Crippen LogP contribution in [0.3, 0.4) is 0 Å². The SMILES string of the molecule is C=C(CCNC(=O)COc1ccc(Cl)c(F)c1)NC(=O)Cc1ccccc1. The van der Waals surface area contributed by atoms with Gasteiger partial charge in [0.25, 0.3) is 5.91 Å². The maximum atomic E-state index is 13.3. The molecule has 0 aliphatic carbocycles. The summed E-state index contributed by atoms with van der Waals surface area (Å²) in [6.07, 6.45) is 0.652. The quantitative estimate of drug-likeness (QED) is 0.690. The number of carbonyl (C=O) groups is 2. The van der Waals surface area contributed by atoms with Crippen LogP contribution in [0.2, 0.25) is 5.02 Å². The third-order valence-corrected chi connectivity index (χ3v) is 3.84. The number of ether oxygens (including phenoxy) is 1. The lowest BCUT2D eigenvalue weighted by Crippen LogP contribution is -2.32. The molecular weight excluding hydrogens is 371 g/mol. The van der Waals surface area contributed by atoms with Crippen LogP contribution in [0.5, 0.6) is 5.75 Å². The average Bonchev–Trinajstić information content (AvgIpc) is 2.63. The van der Waals surface area contributed by atoms with Crippen LogP contribution in [0.25, 0.3) is 0 Å². The molecular formula is C20H20ClFN2O3. The van der Waals surface area contributed by atoms with Crippen LogP contribution < -0.4 is 15.4 Å². The summed E-state index contributed by atoms with van der Waals surface area (Å²) < 4.78 is 18.5. The van der Waals surface area contributed by atoms with Gasteiger partial charge in [0.1, 0.15) is 11.6 Å². The van der Waals surface area contributed by atoms with E-state index in [1.807, 2.05) is 30.3 Å². The van der Waals surface area contributed by atoms with Gasteiger partial charge < -0.3 is 15.4 Å². The fourth-order valence-corrected chi connectivity index (χ4v) is 2.32. The number of amides is 2. The summed E-state index contributed by atoms with van der Waals surface area (Å²) >= 11 is 5.57. The maximum Gasteiger partial charge on any atom is 0.257 e. The summed E-state index contributed by atoms with van der Waals surface area (Å²) in [6, 6.07) is 13.3. The van der Waals surface area contributed by atoms with Gasteiger partial charge in [0.2, 0.25) is 5.91 Å². The van der Waals surface area contributed by atoms with E-state index >= 15 is 0 Å². The lowest BCUT2D eigenvalue weighted by atomic mass is 10.1. The molecule has 5 nitrogen and oxygen atoms in total. The van der Waals surface area contributed by atoms with Gasteiger partial charge in [0, 0.05) is 24.7 Å². The van der Waals surface area contributed by atoms with Gasteiger partial charge in [0.15, 0.2) is 6.61 Å². The van der Waals surface area contributed by atoms with E-state index in [2.05, 4.69) is 17.2 Å². The smallest absolute Gasteiger partial charge is 0.257 e. The van der Waals surface area contributed by atoms with E-state index in [1.165, 1.54) is 12.1 Å². The molecule has 0 aromatic heterocycles. The first-order valence-electron chi connectivity index (χ1n) is 8.30. The highest BCUT2D eigenvalue weighted by molar-refractivity contribution is 6.30. The van der Waals surface area contributed by atoms with Crippen molar-refractivity contribution in [1.29, 1.82) is 0 Å². The van der Waals surface area contributed by atoms with Crippen LogP contribution >= 0.6 is 11.6 Å². The first kappa shape index (κ1) is 20.5. The van der Waals surface area contributed by atoms with Crippen molar-refractivity contribution in [2.45, 2.75) is 12.8 Å². The van der Waals surface area contributed by atoms with Gasteiger partial charge in [-0.25, -0.2) is 4.39 Å². The summed E-state index contributed by atoms with van der Waals surface area (Å²) in [5.74, 6) is -0.929. The zero-order valence-electron chi connectivity index (χ0n) is 14.6. The Morgan fingerprint density at radius 1 is 1.11 bits per heavy atom. The van der Waals surface area contributed by atoms with E-state index in [-0.39, 0.29) is 35.6 Å². The predicted molar refractivity (Wildman–Crippen MR) is 102 cm³/mol. The Morgan fingerprint density at radius 3 is 2.56 bits per heavy atom. The molecule has 142 valence electrons. The molecule has 0 saturated carbocycles. The third-order valence-electron chi connectivity index (χ3n) is 3.53. The highest BCUT2D eigenvalue weighted by atomic mass is 35.5. The Kier molecular flexibility index (Phi) is 7.82. The molecule has 0 heterocycles. The summed E-state index contributed by atoms with van der Waals surface area (Å²) in [5.41, 5.74) is 1.42. The monoisotopic (exact) mass is 390 g/mol. The minimum absolute atomic E-state index is 0.0142. The number of hydrogen-bond acceptors (Lipinski definition) is 3. The standard InChI is InChI=1S/C20H20ClFN2O3/c1-14(24-19(25)11-15-5-3-2-4-6-15)9-10-23-20(26)13-27-16-7-8-17(21)18(22)12-16/h2-8,12H,1,9-11,13H2,(H,23,26)(H,24,25). The lowest BCUT2D eigenvalue weighted by molar-refractivity contribution is -0.123. The molecule has 0 aliphatic rings. The highest BCUT2D eigenvalue weighted by Crippen LogP contribution is 2.20. The van der Waals surface area contributed by atoms with E-state index in [0.29, 0.717) is 18.7 Å². The van der Waals surface area contributed by atoms with Crippen LogP contribution in [0.1, 0.15) is 12.0 Å². The molecule has 2 N–H and O–H groups in total. The molecule has 0 spiro atoms. The molecule has 27 heavy (non-hydrogen) atoms. The van der Waals surface area contributed by atoms with E-state index in [4.69, 9.17) is 16.3 Å². The second-order valence-electron chi connectivity index (χ2n) is 5.78. The van der Waals surface area contributed by atoms with Crippen LogP contribution in [-0.4, -0.2) is 25.0 Å². The number of benzene rings is 2. The van der Waals surface area contributed by atoms with Crippen molar-refractivity contribution < 1.29 is 18.7 Å². The van der Waals surface area contributed by atoms with Gasteiger partial charge in [0.05, 0.1) is 11.4 Å². The topological polar surface area (TPSA) is 67.4 Å². The van der Waals surface area contributed by atoms with Crippen molar-refractivity contribution in [1.82, 2.24) is 10.6 Å². The first-order valence-corrected chi connectivity index (χ1v) is 8.68. The van der Waals surface area contributed by atoms with Gasteiger partial charge in [-0.1, -0.05) is 48.5 Å². The number of halogens is 2. The minimum Gasteiger partial charge on any atom is -0.484 e. The van der Waals surface area contributed by atoms with Crippen LogP contribution in [-0.2, 0) is 16.0 Å². The van der Waals surface area contributed by atoms with Crippen molar-refractivity contribution >= 4 is 23.4 Å². The molecule has 0 fully saturated rings. The van der Waals surface area contributed by atoms with Crippen molar-refractivity contribution in [3.63, 3.8) is 0 Å². The normalized spacial score (nSPS) is 10.1. The van der Waals surface area contributed by atoms with Crippen molar-refractivity contribution in [3.05, 3.63) is 77.2 Å². The number of hydrogen-bond donors (Lipinski definition) is 2. The molecule has 2 aromatic carbocycles. The Labute approximate surface area is 162 Å². The zero-order chi connectivity index (χ0) is 19.6. The van der Waals surface area contributed by atoms with Crippen LogP contribution in [0.4, 0.5) is 4.39 Å². The molecule has 0 atom stereocenters. The van der Waals surface area contributed by atoms with Crippen molar-refractivity contribution in [2.75, 3.05) is 13.2 Å². The average molecular weight is 391 g/mol. The molecule has 0 unspecified atom stereocenters. The largest absolute Gasteiger partial charge is 0.484 e. The van der Waals surface area contributed by atoms with E-state index in [0.717, 1.165) is 11.6 Å². The minimum atomic E-state index is -0.614. The lowest BCUT2D eigenvalue weighted by Gasteiger charge is -2.10. The molecule has 0 radical (unpaired) electrons. The second kappa shape index (κ2) is 10.3. The first-order chi connectivity index (χ1) is 12.9. The second-order valence-corrected chi connectivity index (χ2v) is 6.19. The fourth-order valence-electron chi connectivity index (χ4n) is 2.20. The number of rotatable bonds is 9. The zero-order valence-corrected chi connectivity index (χ0v) is 15.4. The molecule has 0 aliphatic heterocycles. The molecule has 2 rings (SSSR count). The maximum absolute atomic E-state index is 13.3. The van der Waals surface area contributed by atoms with Crippen molar-refractivity contribution in [3.8, 4) is 5.75 Å². The summed E-state index contributed by atoms with van der Waals surface area (Å²) in [7, 11) is 0. The number of carbonyl (C=O) groups excluding carboxylic acids is 2. The Bertz CT molecular complexity index is 812. The third kappa shape index (κ3) is 7.50. The summed E-state index contributed by atoms with van der Waals surface area (Å²) in [6.45, 7) is 3.81. The molecule has 0 bridgehead atoms. The Hall–Kier alpha value is -2.86. The van der Waals surface area contributed by atoms with Crippen LogP contribution in [0, 0.1) is 5.82 Å². The van der Waals surface area contributed by atoms with Gasteiger partial charge in [-0.3, -0.25) is 9.59 Å². The van der Waals surface area contributed by atoms with E-state index in [9.17, 15) is 14.0 Å². The Morgan fingerprint density at radius 2 is 1.85 bits per heavy atom. The van der Waals surface area contributed by atoms with Gasteiger partial charge in [-0.15, -0.1) is 0 Å². The summed E-state index contributed by atoms with van der Waals surface area (Å²) in [5, 5.41) is 5.32. The predicted octanol–water partition coefficient (Wildman–Crippen LogP) is 3.24. The molecule has 2 amide bonds. The molecule has 2 aromatic rings. The van der Waals surface area contributed by atoms with Gasteiger partial charge in [-0.05, 0) is 17.7 Å². The fraction of sp³-hybridized carbons (Fsp3) is 0.200. The number of nitrogens with one attached hydrogen (secondary N) is 2. The van der Waals surface area contributed by atoms with E-state index in [1.54, 1.807) is 0 Å². The molecule has 0 saturated heterocycles. The summed E-state index contributed by atoms with van der Waals surface area (Å²) in [4.78, 5) is 23.7.